The molecule has 0 aliphatic heterocycles. The van der Waals surface area contributed by atoms with E-state index in [1.807, 2.05) is 24.3 Å². The van der Waals surface area contributed by atoms with Gasteiger partial charge in [0.25, 0.3) is 11.5 Å². The molecule has 0 aliphatic carbocycles. The molecule has 1 amide bonds. The number of ether oxygens (including phenoxy) is 1. The van der Waals surface area contributed by atoms with Crippen LogP contribution in [0.4, 0.5) is 0 Å². The lowest BCUT2D eigenvalue weighted by molar-refractivity contribution is 0.0785. The number of H-pyrrole nitrogens is 1. The van der Waals surface area contributed by atoms with Crippen molar-refractivity contribution in [2.75, 3.05) is 14.2 Å². The third-order valence-electron chi connectivity index (χ3n) is 4.27. The number of benzene rings is 2. The average molecular weight is 369 g/mol. The lowest BCUT2D eigenvalue weighted by Gasteiger charge is -2.18. The highest BCUT2D eigenvalue weighted by molar-refractivity contribution is 7.71. The van der Waals surface area contributed by atoms with E-state index < -0.39 is 0 Å². The molecular weight excluding hydrogens is 350 g/mol. The predicted molar refractivity (Wildman–Crippen MR) is 103 cm³/mol. The number of nitrogens with one attached hydrogen (secondary N) is 1. The third-order valence-corrected chi connectivity index (χ3v) is 4.65. The molecule has 0 unspecified atom stereocenters. The molecule has 7 heteroatoms. The fourth-order valence-electron chi connectivity index (χ4n) is 2.74. The number of hydrogen-bond donors (Lipinski definition) is 1. The van der Waals surface area contributed by atoms with Gasteiger partial charge in [0, 0.05) is 26.2 Å². The summed E-state index contributed by atoms with van der Waals surface area (Å²) in [5.74, 6) is 0.636. The highest BCUT2D eigenvalue weighted by Gasteiger charge is 2.14. The highest BCUT2D eigenvalue weighted by atomic mass is 32.1. The molecule has 0 saturated carbocycles. The summed E-state index contributed by atoms with van der Waals surface area (Å²) in [4.78, 5) is 29.6. The summed E-state index contributed by atoms with van der Waals surface area (Å²) in [5, 5.41) is 0.496. The van der Waals surface area contributed by atoms with Crippen molar-refractivity contribution in [2.45, 2.75) is 6.54 Å². The minimum atomic E-state index is -0.186. The Labute approximate surface area is 155 Å². The van der Waals surface area contributed by atoms with Gasteiger partial charge in [-0.25, -0.2) is 0 Å². The van der Waals surface area contributed by atoms with Gasteiger partial charge in [-0.05, 0) is 48.1 Å². The first kappa shape index (κ1) is 17.9. The molecule has 2 aromatic carbocycles. The average Bonchev–Trinajstić information content (AvgIpc) is 2.65. The van der Waals surface area contributed by atoms with Crippen molar-refractivity contribution >= 4 is 29.0 Å². The Morgan fingerprint density at radius 2 is 1.92 bits per heavy atom. The molecule has 0 aliphatic rings. The second kappa shape index (κ2) is 7.13. The Morgan fingerprint density at radius 3 is 2.58 bits per heavy atom. The molecule has 3 aromatic rings. The van der Waals surface area contributed by atoms with Crippen molar-refractivity contribution in [3.8, 4) is 5.75 Å². The van der Waals surface area contributed by atoms with Crippen LogP contribution in [0.1, 0.15) is 15.9 Å². The lowest BCUT2D eigenvalue weighted by Crippen LogP contribution is -2.26. The first-order valence-electron chi connectivity index (χ1n) is 8.02. The number of methoxy groups -OCH3 is 1. The molecule has 6 nitrogen and oxygen atoms in total. The molecule has 134 valence electrons. The summed E-state index contributed by atoms with van der Waals surface area (Å²) in [5.41, 5.74) is 1.86. The molecule has 1 N–H and O–H groups in total. The standard InChI is InChI=1S/C19H19N3O3S/c1-21(11-12-4-7-14(25-3)8-5-12)17(23)13-6-9-15-16(10-13)20-19(26)22(2)18(15)24/h4-10H,11H2,1-3H3,(H,20,26). The van der Waals surface area contributed by atoms with Gasteiger partial charge in [0.05, 0.1) is 18.0 Å². The Bertz CT molecular complexity index is 1080. The van der Waals surface area contributed by atoms with Crippen LogP contribution in [0.25, 0.3) is 10.9 Å². The van der Waals surface area contributed by atoms with Crippen LogP contribution < -0.4 is 10.3 Å². The Kier molecular flexibility index (Phi) is 4.90. The first-order valence-corrected chi connectivity index (χ1v) is 8.43. The van der Waals surface area contributed by atoms with E-state index in [1.165, 1.54) is 4.57 Å². The van der Waals surface area contributed by atoms with Gasteiger partial charge >= 0.3 is 0 Å². The predicted octanol–water partition coefficient (Wildman–Crippen LogP) is 2.88. The van der Waals surface area contributed by atoms with E-state index in [0.29, 0.717) is 27.8 Å². The van der Waals surface area contributed by atoms with Crippen LogP contribution in [0.5, 0.6) is 5.75 Å². The van der Waals surface area contributed by atoms with E-state index in [0.717, 1.165) is 11.3 Å². The minimum Gasteiger partial charge on any atom is -0.497 e. The van der Waals surface area contributed by atoms with Crippen molar-refractivity contribution < 1.29 is 9.53 Å². The first-order chi connectivity index (χ1) is 12.4. The summed E-state index contributed by atoms with van der Waals surface area (Å²) >= 11 is 5.14. The molecule has 26 heavy (non-hydrogen) atoms. The zero-order valence-electron chi connectivity index (χ0n) is 14.8. The zero-order chi connectivity index (χ0) is 18.8. The maximum atomic E-state index is 12.7. The second-order valence-electron chi connectivity index (χ2n) is 6.06. The van der Waals surface area contributed by atoms with E-state index in [2.05, 4.69) is 4.98 Å². The summed E-state index contributed by atoms with van der Waals surface area (Å²) in [7, 11) is 4.97. The van der Waals surface area contributed by atoms with Crippen molar-refractivity contribution in [1.29, 1.82) is 0 Å². The summed E-state index contributed by atoms with van der Waals surface area (Å²) < 4.78 is 6.83. The molecule has 0 radical (unpaired) electrons. The molecule has 0 bridgehead atoms. The molecule has 0 saturated heterocycles. The van der Waals surface area contributed by atoms with E-state index >= 15 is 0 Å². The molecule has 1 aromatic heterocycles. The third kappa shape index (κ3) is 3.39. The summed E-state index contributed by atoms with van der Waals surface area (Å²) in [6.45, 7) is 0.466. The van der Waals surface area contributed by atoms with Crippen LogP contribution in [0.15, 0.2) is 47.3 Å². The van der Waals surface area contributed by atoms with Crippen molar-refractivity contribution in [2.24, 2.45) is 7.05 Å². The van der Waals surface area contributed by atoms with Crippen molar-refractivity contribution in [1.82, 2.24) is 14.5 Å². The molecular formula is C19H19N3O3S. The number of hydrogen-bond acceptors (Lipinski definition) is 4. The van der Waals surface area contributed by atoms with E-state index in [-0.39, 0.29) is 11.5 Å². The molecule has 0 fully saturated rings. The van der Waals surface area contributed by atoms with Crippen LogP contribution in [0, 0.1) is 4.77 Å². The number of fused-ring (bicyclic) bond motifs is 1. The van der Waals surface area contributed by atoms with Crippen LogP contribution in [0.2, 0.25) is 0 Å². The second-order valence-corrected chi connectivity index (χ2v) is 6.45. The minimum absolute atomic E-state index is 0.136. The van der Waals surface area contributed by atoms with Crippen LogP contribution in [-0.4, -0.2) is 34.5 Å². The number of aromatic nitrogens is 2. The number of amides is 1. The number of aromatic amines is 1. The Hall–Kier alpha value is -2.93. The highest BCUT2D eigenvalue weighted by Crippen LogP contribution is 2.16. The van der Waals surface area contributed by atoms with Crippen molar-refractivity contribution in [3.63, 3.8) is 0 Å². The summed E-state index contributed by atoms with van der Waals surface area (Å²) in [6, 6.07) is 12.5. The quantitative estimate of drug-likeness (QED) is 0.718. The topological polar surface area (TPSA) is 67.3 Å². The van der Waals surface area contributed by atoms with Crippen LogP contribution >= 0.6 is 12.2 Å². The molecule has 0 atom stereocenters. The maximum Gasteiger partial charge on any atom is 0.261 e. The van der Waals surface area contributed by atoms with E-state index in [9.17, 15) is 9.59 Å². The van der Waals surface area contributed by atoms with Gasteiger partial charge < -0.3 is 14.6 Å². The molecule has 3 rings (SSSR count). The van der Waals surface area contributed by atoms with Crippen LogP contribution in [-0.2, 0) is 13.6 Å². The Balaban J connectivity index is 1.87. The lowest BCUT2D eigenvalue weighted by atomic mass is 10.1. The van der Waals surface area contributed by atoms with Crippen molar-refractivity contribution in [3.05, 3.63) is 68.7 Å². The number of nitrogens with zero attached hydrogens (tertiary/aromatic N) is 2. The number of rotatable bonds is 4. The molecule has 1 heterocycles. The van der Waals surface area contributed by atoms with E-state index in [4.69, 9.17) is 17.0 Å². The van der Waals surface area contributed by atoms with E-state index in [1.54, 1.807) is 44.3 Å². The molecule has 0 spiro atoms. The largest absolute Gasteiger partial charge is 0.497 e. The maximum absolute atomic E-state index is 12.7. The SMILES string of the molecule is COc1ccc(CN(C)C(=O)c2ccc3c(=O)n(C)c(=S)[nH]c3c2)cc1. The number of carbonyl (C=O) groups excluding carboxylic acids is 1. The smallest absolute Gasteiger partial charge is 0.261 e. The normalized spacial score (nSPS) is 10.7. The zero-order valence-corrected chi connectivity index (χ0v) is 15.6. The van der Waals surface area contributed by atoms with Gasteiger partial charge in [-0.3, -0.25) is 14.2 Å². The fraction of sp³-hybridized carbons (Fsp3) is 0.211. The summed E-state index contributed by atoms with van der Waals surface area (Å²) in [6.07, 6.45) is 0. The van der Waals surface area contributed by atoms with Gasteiger partial charge in [0.15, 0.2) is 4.77 Å². The fourth-order valence-corrected chi connectivity index (χ4v) is 2.93. The number of carbonyl (C=O) groups is 1. The van der Waals surface area contributed by atoms with Gasteiger partial charge in [-0.15, -0.1) is 0 Å². The van der Waals surface area contributed by atoms with Gasteiger partial charge in [0.2, 0.25) is 0 Å². The van der Waals surface area contributed by atoms with Crippen LogP contribution in [0.3, 0.4) is 0 Å². The van der Waals surface area contributed by atoms with Gasteiger partial charge in [0.1, 0.15) is 5.75 Å². The monoisotopic (exact) mass is 369 g/mol. The Morgan fingerprint density at radius 1 is 1.23 bits per heavy atom. The van der Waals surface area contributed by atoms with Gasteiger partial charge in [-0.1, -0.05) is 12.1 Å². The van der Waals surface area contributed by atoms with Gasteiger partial charge in [-0.2, -0.15) is 0 Å².